The molecule has 2 aliphatic heterocycles. The molecule has 8 nitrogen and oxygen atoms in total. The van der Waals surface area contributed by atoms with Crippen LogP contribution in [-0.4, -0.2) is 54.8 Å². The highest BCUT2D eigenvalue weighted by Gasteiger charge is 2.48. The van der Waals surface area contributed by atoms with Crippen molar-refractivity contribution in [2.75, 3.05) is 24.2 Å². The van der Waals surface area contributed by atoms with Crippen LogP contribution in [0, 0.1) is 12.8 Å². The largest absolute Gasteiger partial charge is 0.326 e. The molecule has 174 valence electrons. The topological polar surface area (TPSA) is 108 Å². The molecule has 2 fully saturated rings. The standard InChI is InChI=1S/C23H32N4O4S/c1-16-15-20(24-17(2)28)8-7-18(16)9-14-32(30,31)27-12-10-23(11-13-27)22(29)25-21(26-23)19-5-3-4-6-19/h7-8,15,19H,3-6,9-14H2,1-2H3,(H,24,28)(H,25,26,29). The van der Waals surface area contributed by atoms with E-state index in [-0.39, 0.29) is 17.6 Å². The molecule has 32 heavy (non-hydrogen) atoms. The van der Waals surface area contributed by atoms with Gasteiger partial charge in [0.25, 0.3) is 5.91 Å². The number of rotatable bonds is 6. The molecule has 9 heteroatoms. The van der Waals surface area contributed by atoms with E-state index in [1.165, 1.54) is 24.1 Å². The van der Waals surface area contributed by atoms with Crippen LogP contribution in [0.4, 0.5) is 5.69 Å². The molecule has 1 aliphatic carbocycles. The number of nitrogens with one attached hydrogen (secondary N) is 2. The van der Waals surface area contributed by atoms with Crippen molar-refractivity contribution in [1.82, 2.24) is 9.62 Å². The Morgan fingerprint density at radius 2 is 1.94 bits per heavy atom. The van der Waals surface area contributed by atoms with Gasteiger partial charge in [0.05, 0.1) is 5.75 Å². The van der Waals surface area contributed by atoms with Crippen LogP contribution in [0.25, 0.3) is 0 Å². The van der Waals surface area contributed by atoms with Crippen LogP contribution < -0.4 is 10.6 Å². The van der Waals surface area contributed by atoms with Crippen molar-refractivity contribution in [3.05, 3.63) is 29.3 Å². The average Bonchev–Trinajstić information content (AvgIpc) is 3.37. The number of hydrogen-bond acceptors (Lipinski definition) is 5. The van der Waals surface area contributed by atoms with Crippen molar-refractivity contribution in [3.8, 4) is 0 Å². The molecule has 1 aromatic carbocycles. The van der Waals surface area contributed by atoms with Crippen LogP contribution in [0.1, 0.15) is 56.6 Å². The maximum atomic E-state index is 13.0. The number of aliphatic imine (C=N–C) groups is 1. The SMILES string of the molecule is CC(=O)Nc1ccc(CCS(=O)(=O)N2CCC3(CC2)N=C(C2CCCC2)NC3=O)c(C)c1. The third-order valence-corrected chi connectivity index (χ3v) is 8.85. The summed E-state index contributed by atoms with van der Waals surface area (Å²) >= 11 is 0. The van der Waals surface area contributed by atoms with Gasteiger partial charge in [0.1, 0.15) is 11.4 Å². The Labute approximate surface area is 189 Å². The number of nitrogens with zero attached hydrogens (tertiary/aromatic N) is 2. The van der Waals surface area contributed by atoms with Crippen molar-refractivity contribution in [2.24, 2.45) is 10.9 Å². The van der Waals surface area contributed by atoms with E-state index >= 15 is 0 Å². The Bertz CT molecular complexity index is 1040. The van der Waals surface area contributed by atoms with Gasteiger partial charge < -0.3 is 10.6 Å². The summed E-state index contributed by atoms with van der Waals surface area (Å²) < 4.78 is 27.5. The Morgan fingerprint density at radius 3 is 2.56 bits per heavy atom. The zero-order valence-electron chi connectivity index (χ0n) is 18.8. The molecule has 2 N–H and O–H groups in total. The lowest BCUT2D eigenvalue weighted by Gasteiger charge is -2.34. The average molecular weight is 461 g/mol. The monoisotopic (exact) mass is 460 g/mol. The first-order chi connectivity index (χ1) is 15.2. The highest BCUT2D eigenvalue weighted by Crippen LogP contribution is 2.35. The second kappa shape index (κ2) is 8.94. The van der Waals surface area contributed by atoms with Gasteiger partial charge in [-0.2, -0.15) is 0 Å². The number of hydrogen-bond donors (Lipinski definition) is 2. The molecule has 1 spiro atoms. The Kier molecular flexibility index (Phi) is 6.40. The molecule has 1 saturated carbocycles. The van der Waals surface area contributed by atoms with Crippen LogP contribution in [-0.2, 0) is 26.0 Å². The first-order valence-corrected chi connectivity index (χ1v) is 13.1. The number of carbonyl (C=O) groups excluding carboxylic acids is 2. The van der Waals surface area contributed by atoms with E-state index in [4.69, 9.17) is 4.99 Å². The number of sulfonamides is 1. The Balaban J connectivity index is 1.36. The third-order valence-electron chi connectivity index (χ3n) is 6.98. The van der Waals surface area contributed by atoms with Crippen molar-refractivity contribution in [2.45, 2.75) is 64.3 Å². The van der Waals surface area contributed by atoms with Gasteiger partial charge in [-0.15, -0.1) is 0 Å². The number of aryl methyl sites for hydroxylation is 2. The van der Waals surface area contributed by atoms with E-state index in [2.05, 4.69) is 10.6 Å². The number of anilines is 1. The summed E-state index contributed by atoms with van der Waals surface area (Å²) in [5.74, 6) is 0.982. The van der Waals surface area contributed by atoms with Crippen LogP contribution in [0.2, 0.25) is 0 Å². The molecule has 0 unspecified atom stereocenters. The zero-order valence-corrected chi connectivity index (χ0v) is 19.6. The van der Waals surface area contributed by atoms with Gasteiger partial charge in [-0.3, -0.25) is 14.6 Å². The maximum absolute atomic E-state index is 13.0. The minimum Gasteiger partial charge on any atom is -0.326 e. The number of amides is 2. The molecular weight excluding hydrogens is 428 g/mol. The molecule has 2 amide bonds. The summed E-state index contributed by atoms with van der Waals surface area (Å²) in [6.45, 7) is 4.00. The first-order valence-electron chi connectivity index (χ1n) is 11.4. The molecule has 3 aliphatic rings. The van der Waals surface area contributed by atoms with E-state index in [1.54, 1.807) is 6.07 Å². The number of piperidine rings is 1. The summed E-state index contributed by atoms with van der Waals surface area (Å²) in [5.41, 5.74) is 1.80. The third kappa shape index (κ3) is 4.73. The van der Waals surface area contributed by atoms with Crippen LogP contribution >= 0.6 is 0 Å². The molecule has 4 rings (SSSR count). The highest BCUT2D eigenvalue weighted by atomic mass is 32.2. The Morgan fingerprint density at radius 1 is 1.25 bits per heavy atom. The second-order valence-electron chi connectivity index (χ2n) is 9.25. The van der Waals surface area contributed by atoms with E-state index < -0.39 is 15.6 Å². The van der Waals surface area contributed by atoms with Crippen LogP contribution in [0.3, 0.4) is 0 Å². The van der Waals surface area contributed by atoms with E-state index in [9.17, 15) is 18.0 Å². The summed E-state index contributed by atoms with van der Waals surface area (Å²) in [6.07, 6.45) is 5.75. The molecule has 2 heterocycles. The quantitative estimate of drug-likeness (QED) is 0.679. The molecule has 0 aromatic heterocycles. The lowest BCUT2D eigenvalue weighted by Crippen LogP contribution is -2.51. The summed E-state index contributed by atoms with van der Waals surface area (Å²) in [4.78, 5) is 28.7. The predicted octanol–water partition coefficient (Wildman–Crippen LogP) is 2.38. The van der Waals surface area contributed by atoms with Crippen molar-refractivity contribution in [3.63, 3.8) is 0 Å². The first kappa shape index (κ1) is 22.9. The summed E-state index contributed by atoms with van der Waals surface area (Å²) in [5, 5.41) is 5.73. The van der Waals surface area contributed by atoms with Gasteiger partial charge in [0.2, 0.25) is 15.9 Å². The molecule has 1 saturated heterocycles. The van der Waals surface area contributed by atoms with Crippen molar-refractivity contribution < 1.29 is 18.0 Å². The van der Waals surface area contributed by atoms with Crippen LogP contribution in [0.5, 0.6) is 0 Å². The predicted molar refractivity (Wildman–Crippen MR) is 124 cm³/mol. The molecule has 0 bridgehead atoms. The molecule has 0 radical (unpaired) electrons. The lowest BCUT2D eigenvalue weighted by molar-refractivity contribution is -0.125. The van der Waals surface area contributed by atoms with Gasteiger partial charge in [0.15, 0.2) is 0 Å². The van der Waals surface area contributed by atoms with E-state index in [1.807, 2.05) is 19.1 Å². The van der Waals surface area contributed by atoms with E-state index in [0.29, 0.717) is 44.0 Å². The summed E-state index contributed by atoms with van der Waals surface area (Å²) in [6, 6.07) is 5.51. The maximum Gasteiger partial charge on any atom is 0.253 e. The van der Waals surface area contributed by atoms with Gasteiger partial charge in [0, 0.05) is 31.6 Å². The fraction of sp³-hybridized carbons (Fsp3) is 0.609. The fourth-order valence-electron chi connectivity index (χ4n) is 5.03. The van der Waals surface area contributed by atoms with Gasteiger partial charge in [-0.25, -0.2) is 12.7 Å². The zero-order chi connectivity index (χ0) is 22.9. The normalized spacial score (nSPS) is 21.6. The molecule has 0 atom stereocenters. The minimum atomic E-state index is -3.44. The van der Waals surface area contributed by atoms with Gasteiger partial charge in [-0.05, 0) is 62.3 Å². The second-order valence-corrected chi connectivity index (χ2v) is 11.3. The number of amidine groups is 1. The van der Waals surface area contributed by atoms with Gasteiger partial charge in [-0.1, -0.05) is 18.9 Å². The van der Waals surface area contributed by atoms with Crippen LogP contribution in [0.15, 0.2) is 23.2 Å². The van der Waals surface area contributed by atoms with Gasteiger partial charge >= 0.3 is 0 Å². The molecular formula is C23H32N4O4S. The number of carbonyl (C=O) groups is 2. The Hall–Kier alpha value is -2.26. The number of benzene rings is 1. The smallest absolute Gasteiger partial charge is 0.253 e. The lowest BCUT2D eigenvalue weighted by atomic mass is 9.89. The fourth-order valence-corrected chi connectivity index (χ4v) is 6.51. The summed E-state index contributed by atoms with van der Waals surface area (Å²) in [7, 11) is -3.44. The van der Waals surface area contributed by atoms with Crippen molar-refractivity contribution in [1.29, 1.82) is 0 Å². The van der Waals surface area contributed by atoms with E-state index in [0.717, 1.165) is 29.8 Å². The minimum absolute atomic E-state index is 0.0170. The molecule has 1 aromatic rings. The highest BCUT2D eigenvalue weighted by molar-refractivity contribution is 7.89. The van der Waals surface area contributed by atoms with Crippen molar-refractivity contribution >= 4 is 33.4 Å².